The van der Waals surface area contributed by atoms with E-state index in [2.05, 4.69) is 12.5 Å². The molecule has 1 fully saturated rings. The van der Waals surface area contributed by atoms with E-state index >= 15 is 0 Å². The number of para-hydroxylation sites is 1. The Kier molecular flexibility index (Phi) is 5.07. The predicted octanol–water partition coefficient (Wildman–Crippen LogP) is 2.03. The van der Waals surface area contributed by atoms with Gasteiger partial charge >= 0.3 is 0 Å². The van der Waals surface area contributed by atoms with E-state index in [1.54, 1.807) is 0 Å². The van der Waals surface area contributed by atoms with Crippen LogP contribution in [0.2, 0.25) is 5.02 Å². The van der Waals surface area contributed by atoms with Crippen LogP contribution in [0.15, 0.2) is 54.6 Å². The SMILES string of the molecule is C[NH+]1CCN(NC(=O)c2cc(-c3ccccc3Cl)nc3ccccc23)CC1. The quantitative estimate of drug-likeness (QED) is 0.730. The zero-order valence-corrected chi connectivity index (χ0v) is 16.0. The van der Waals surface area contributed by atoms with Crippen molar-refractivity contribution in [2.45, 2.75) is 0 Å². The van der Waals surface area contributed by atoms with Gasteiger partial charge in [-0.2, -0.15) is 0 Å². The van der Waals surface area contributed by atoms with Gasteiger partial charge in [0.1, 0.15) is 0 Å². The number of carbonyl (C=O) groups is 1. The van der Waals surface area contributed by atoms with Crippen LogP contribution >= 0.6 is 11.6 Å². The lowest BCUT2D eigenvalue weighted by molar-refractivity contribution is -0.884. The minimum Gasteiger partial charge on any atom is -0.335 e. The van der Waals surface area contributed by atoms with Gasteiger partial charge in [0.15, 0.2) is 0 Å². The number of benzene rings is 2. The van der Waals surface area contributed by atoms with Crippen LogP contribution in [0.4, 0.5) is 0 Å². The monoisotopic (exact) mass is 381 g/mol. The van der Waals surface area contributed by atoms with Crippen LogP contribution in [0.3, 0.4) is 0 Å². The molecule has 27 heavy (non-hydrogen) atoms. The number of hydrogen-bond acceptors (Lipinski definition) is 3. The lowest BCUT2D eigenvalue weighted by Gasteiger charge is -2.30. The molecule has 5 nitrogen and oxygen atoms in total. The number of likely N-dealkylation sites (N-methyl/N-ethyl adjacent to an activating group) is 1. The van der Waals surface area contributed by atoms with Gasteiger partial charge in [0, 0.05) is 16.0 Å². The van der Waals surface area contributed by atoms with Crippen LogP contribution in [-0.2, 0) is 0 Å². The molecule has 0 spiro atoms. The molecule has 1 saturated heterocycles. The molecule has 4 rings (SSSR count). The summed E-state index contributed by atoms with van der Waals surface area (Å²) in [6.07, 6.45) is 0. The maximum atomic E-state index is 13.1. The lowest BCUT2D eigenvalue weighted by atomic mass is 10.0. The van der Waals surface area contributed by atoms with E-state index < -0.39 is 0 Å². The first-order valence-corrected chi connectivity index (χ1v) is 9.51. The number of quaternary nitrogens is 1. The van der Waals surface area contributed by atoms with Crippen LogP contribution in [-0.4, -0.2) is 49.1 Å². The molecular formula is C21H22ClN4O+. The average molecular weight is 382 g/mol. The molecule has 1 aromatic heterocycles. The number of amides is 1. The molecule has 1 amide bonds. The number of nitrogens with one attached hydrogen (secondary N) is 2. The number of halogens is 1. The van der Waals surface area contributed by atoms with Gasteiger partial charge in [0.2, 0.25) is 0 Å². The largest absolute Gasteiger partial charge is 0.335 e. The molecule has 0 aliphatic carbocycles. The molecule has 0 bridgehead atoms. The van der Waals surface area contributed by atoms with E-state index in [1.807, 2.05) is 59.6 Å². The van der Waals surface area contributed by atoms with Gasteiger partial charge in [-0.3, -0.25) is 10.2 Å². The minimum absolute atomic E-state index is 0.110. The van der Waals surface area contributed by atoms with Gasteiger partial charge in [-0.15, -0.1) is 0 Å². The van der Waals surface area contributed by atoms with Crippen molar-refractivity contribution in [2.24, 2.45) is 0 Å². The number of aromatic nitrogens is 1. The standard InChI is InChI=1S/C21H21ClN4O/c1-25-10-12-26(13-11-25)24-21(27)17-14-20(16-7-2-4-8-18(16)22)23-19-9-5-3-6-15(17)19/h2-9,14H,10-13H2,1H3,(H,24,27)/p+1. The highest BCUT2D eigenvalue weighted by Gasteiger charge is 2.21. The zero-order chi connectivity index (χ0) is 18.8. The van der Waals surface area contributed by atoms with Crippen LogP contribution < -0.4 is 10.3 Å². The summed E-state index contributed by atoms with van der Waals surface area (Å²) in [5.74, 6) is -0.110. The fraction of sp³-hybridized carbons (Fsp3) is 0.238. The highest BCUT2D eigenvalue weighted by molar-refractivity contribution is 6.33. The third-order valence-corrected chi connectivity index (χ3v) is 5.32. The fourth-order valence-corrected chi connectivity index (χ4v) is 3.61. The second kappa shape index (κ2) is 7.64. The Morgan fingerprint density at radius 3 is 2.59 bits per heavy atom. The summed E-state index contributed by atoms with van der Waals surface area (Å²) in [7, 11) is 2.17. The lowest BCUT2D eigenvalue weighted by Crippen LogP contribution is -3.12. The first kappa shape index (κ1) is 17.9. The number of nitrogens with zero attached hydrogens (tertiary/aromatic N) is 2. The summed E-state index contributed by atoms with van der Waals surface area (Å²) in [5.41, 5.74) is 5.98. The van der Waals surface area contributed by atoms with Crippen molar-refractivity contribution >= 4 is 28.4 Å². The summed E-state index contributed by atoms with van der Waals surface area (Å²) in [6, 6.07) is 17.1. The number of pyridine rings is 1. The Morgan fingerprint density at radius 2 is 1.81 bits per heavy atom. The fourth-order valence-electron chi connectivity index (χ4n) is 3.37. The number of hydrogen-bond donors (Lipinski definition) is 2. The molecule has 3 aromatic rings. The van der Waals surface area contributed by atoms with Crippen LogP contribution in [0.1, 0.15) is 10.4 Å². The summed E-state index contributed by atoms with van der Waals surface area (Å²) in [5, 5.41) is 3.46. The van der Waals surface area contributed by atoms with Gasteiger partial charge in [-0.05, 0) is 18.2 Å². The predicted molar refractivity (Wildman–Crippen MR) is 108 cm³/mol. The third-order valence-electron chi connectivity index (χ3n) is 4.99. The number of fused-ring (bicyclic) bond motifs is 1. The van der Waals surface area contributed by atoms with Crippen LogP contribution in [0, 0.1) is 0 Å². The number of hydrazine groups is 1. The van der Waals surface area contributed by atoms with Crippen molar-refractivity contribution in [1.29, 1.82) is 0 Å². The Balaban J connectivity index is 1.72. The van der Waals surface area contributed by atoms with Crippen LogP contribution in [0.25, 0.3) is 22.2 Å². The number of rotatable bonds is 3. The average Bonchev–Trinajstić information content (AvgIpc) is 2.69. The summed E-state index contributed by atoms with van der Waals surface area (Å²) >= 11 is 6.36. The van der Waals surface area contributed by atoms with Gasteiger partial charge in [0.05, 0.1) is 50.0 Å². The maximum Gasteiger partial charge on any atom is 0.266 e. The van der Waals surface area contributed by atoms with Crippen molar-refractivity contribution < 1.29 is 9.69 Å². The molecule has 2 heterocycles. The van der Waals surface area contributed by atoms with Crippen LogP contribution in [0.5, 0.6) is 0 Å². The molecular weight excluding hydrogens is 360 g/mol. The molecule has 2 aromatic carbocycles. The van der Waals surface area contributed by atoms with Crippen molar-refractivity contribution in [1.82, 2.24) is 15.4 Å². The Labute approximate surface area is 163 Å². The summed E-state index contributed by atoms with van der Waals surface area (Å²) in [4.78, 5) is 19.3. The van der Waals surface area contributed by atoms with E-state index in [0.29, 0.717) is 16.3 Å². The molecule has 0 radical (unpaired) electrons. The van der Waals surface area contributed by atoms with Gasteiger partial charge in [0.25, 0.3) is 5.91 Å². The van der Waals surface area contributed by atoms with E-state index in [1.165, 1.54) is 4.90 Å². The van der Waals surface area contributed by atoms with E-state index in [0.717, 1.165) is 42.6 Å². The number of piperazine rings is 1. The molecule has 1 aliphatic heterocycles. The van der Waals surface area contributed by atoms with Gasteiger partial charge in [-0.25, -0.2) is 9.99 Å². The second-order valence-corrected chi connectivity index (χ2v) is 7.34. The second-order valence-electron chi connectivity index (χ2n) is 6.94. The minimum atomic E-state index is -0.110. The molecule has 0 atom stereocenters. The zero-order valence-electron chi connectivity index (χ0n) is 15.2. The first-order valence-electron chi connectivity index (χ1n) is 9.14. The molecule has 138 valence electrons. The molecule has 2 N–H and O–H groups in total. The van der Waals surface area contributed by atoms with Gasteiger partial charge < -0.3 is 4.90 Å². The van der Waals surface area contributed by atoms with Crippen molar-refractivity contribution in [2.75, 3.05) is 33.2 Å². The maximum absolute atomic E-state index is 13.1. The Hall–Kier alpha value is -2.47. The van der Waals surface area contributed by atoms with E-state index in [9.17, 15) is 4.79 Å². The molecule has 0 unspecified atom stereocenters. The smallest absolute Gasteiger partial charge is 0.266 e. The molecule has 1 aliphatic rings. The highest BCUT2D eigenvalue weighted by atomic mass is 35.5. The topological polar surface area (TPSA) is 49.7 Å². The molecule has 6 heteroatoms. The number of carbonyl (C=O) groups excluding carboxylic acids is 1. The molecule has 0 saturated carbocycles. The normalized spacial score (nSPS) is 15.8. The van der Waals surface area contributed by atoms with Crippen molar-refractivity contribution in [3.8, 4) is 11.3 Å². The Morgan fingerprint density at radius 1 is 1.11 bits per heavy atom. The van der Waals surface area contributed by atoms with E-state index in [4.69, 9.17) is 16.6 Å². The summed E-state index contributed by atoms with van der Waals surface area (Å²) in [6.45, 7) is 3.72. The van der Waals surface area contributed by atoms with Gasteiger partial charge in [-0.1, -0.05) is 48.0 Å². The van der Waals surface area contributed by atoms with E-state index in [-0.39, 0.29) is 5.91 Å². The van der Waals surface area contributed by atoms with Crippen molar-refractivity contribution in [3.63, 3.8) is 0 Å². The van der Waals surface area contributed by atoms with Crippen molar-refractivity contribution in [3.05, 3.63) is 65.2 Å². The highest BCUT2D eigenvalue weighted by Crippen LogP contribution is 2.29. The third kappa shape index (κ3) is 3.81. The first-order chi connectivity index (χ1) is 13.1. The summed E-state index contributed by atoms with van der Waals surface area (Å²) < 4.78 is 0. The Bertz CT molecular complexity index is 983.